The summed E-state index contributed by atoms with van der Waals surface area (Å²) in [5.41, 5.74) is 0.644. The van der Waals surface area contributed by atoms with E-state index in [2.05, 4.69) is 5.32 Å². The minimum absolute atomic E-state index is 0.0186. The van der Waals surface area contributed by atoms with Crippen molar-refractivity contribution in [2.24, 2.45) is 5.92 Å². The smallest absolute Gasteiger partial charge is 0.287 e. The van der Waals surface area contributed by atoms with E-state index in [0.29, 0.717) is 35.3 Å². The van der Waals surface area contributed by atoms with Gasteiger partial charge >= 0.3 is 0 Å². The quantitative estimate of drug-likeness (QED) is 0.789. The second-order valence-electron chi connectivity index (χ2n) is 6.14. The van der Waals surface area contributed by atoms with Gasteiger partial charge in [0, 0.05) is 12.1 Å². The molecule has 1 amide bonds. The van der Waals surface area contributed by atoms with Crippen LogP contribution in [0.1, 0.15) is 52.9 Å². The summed E-state index contributed by atoms with van der Waals surface area (Å²) in [4.78, 5) is 23.2. The van der Waals surface area contributed by atoms with Gasteiger partial charge in [-0.05, 0) is 62.1 Å². The topological polar surface area (TPSA) is 68.5 Å². The van der Waals surface area contributed by atoms with E-state index in [1.54, 1.807) is 36.4 Å². The summed E-state index contributed by atoms with van der Waals surface area (Å²) < 4.78 is 11.1. The monoisotopic (exact) mass is 327 g/mol. The highest BCUT2D eigenvalue weighted by atomic mass is 16.5. The van der Waals surface area contributed by atoms with Crippen LogP contribution in [0, 0.1) is 5.92 Å². The van der Waals surface area contributed by atoms with Gasteiger partial charge < -0.3 is 14.5 Å². The summed E-state index contributed by atoms with van der Waals surface area (Å²) in [6.07, 6.45) is 3.65. The van der Waals surface area contributed by atoms with Crippen molar-refractivity contribution in [1.82, 2.24) is 5.32 Å². The highest BCUT2D eigenvalue weighted by Crippen LogP contribution is 2.25. The Morgan fingerprint density at radius 3 is 2.54 bits per heavy atom. The van der Waals surface area contributed by atoms with E-state index in [9.17, 15) is 9.59 Å². The lowest BCUT2D eigenvalue weighted by atomic mass is 9.85. The van der Waals surface area contributed by atoms with Gasteiger partial charge in [-0.25, -0.2) is 0 Å². The molecule has 1 heterocycles. The molecule has 0 unspecified atom stereocenters. The van der Waals surface area contributed by atoms with Gasteiger partial charge in [0.2, 0.25) is 0 Å². The van der Waals surface area contributed by atoms with Gasteiger partial charge in [0.15, 0.2) is 11.5 Å². The van der Waals surface area contributed by atoms with Gasteiger partial charge in [0.05, 0.1) is 0 Å². The third-order valence-electron chi connectivity index (χ3n) is 4.30. The van der Waals surface area contributed by atoms with Crippen LogP contribution >= 0.6 is 0 Å². The van der Waals surface area contributed by atoms with Crippen molar-refractivity contribution in [1.29, 1.82) is 0 Å². The number of rotatable bonds is 7. The van der Waals surface area contributed by atoms with Gasteiger partial charge in [0.25, 0.3) is 5.91 Å². The predicted molar refractivity (Wildman–Crippen MR) is 89.2 cm³/mol. The maximum Gasteiger partial charge on any atom is 0.287 e. The highest BCUT2D eigenvalue weighted by molar-refractivity contribution is 5.94. The molecule has 3 rings (SSSR count). The average Bonchev–Trinajstić information content (AvgIpc) is 3.00. The Balaban J connectivity index is 1.49. The number of carbonyl (C=O) groups is 2. The summed E-state index contributed by atoms with van der Waals surface area (Å²) in [6.45, 7) is 2.47. The van der Waals surface area contributed by atoms with Crippen LogP contribution in [0.2, 0.25) is 0 Å². The van der Waals surface area contributed by atoms with Crippen LogP contribution in [0.15, 0.2) is 40.8 Å². The van der Waals surface area contributed by atoms with Crippen LogP contribution in [-0.2, 0) is 6.61 Å². The highest BCUT2D eigenvalue weighted by Gasteiger charge is 2.19. The molecule has 24 heavy (non-hydrogen) atoms. The molecule has 1 aromatic carbocycles. The summed E-state index contributed by atoms with van der Waals surface area (Å²) >= 11 is 0. The fraction of sp³-hybridized carbons (Fsp3) is 0.368. The second kappa shape index (κ2) is 7.34. The van der Waals surface area contributed by atoms with Crippen molar-refractivity contribution >= 4 is 11.7 Å². The van der Waals surface area contributed by atoms with Crippen molar-refractivity contribution in [2.45, 2.75) is 32.8 Å². The molecular formula is C19H21NO4. The van der Waals surface area contributed by atoms with Gasteiger partial charge in [-0.1, -0.05) is 6.42 Å². The number of Topliss-reactive ketones (excluding diaryl/α,β-unsaturated/α-hetero) is 1. The molecule has 126 valence electrons. The summed E-state index contributed by atoms with van der Waals surface area (Å²) in [7, 11) is 0. The second-order valence-corrected chi connectivity index (χ2v) is 6.14. The zero-order valence-electron chi connectivity index (χ0n) is 13.7. The van der Waals surface area contributed by atoms with Crippen molar-refractivity contribution in [3.05, 3.63) is 53.5 Å². The van der Waals surface area contributed by atoms with E-state index < -0.39 is 0 Å². The first-order chi connectivity index (χ1) is 11.6. The molecule has 0 bridgehead atoms. The van der Waals surface area contributed by atoms with Gasteiger partial charge in [-0.3, -0.25) is 9.59 Å². The molecule has 1 aliphatic carbocycles. The molecule has 1 saturated carbocycles. The Morgan fingerprint density at radius 2 is 1.92 bits per heavy atom. The molecule has 1 aliphatic rings. The molecule has 2 aromatic rings. The van der Waals surface area contributed by atoms with E-state index in [-0.39, 0.29) is 18.3 Å². The Bertz CT molecular complexity index is 713. The first kappa shape index (κ1) is 16.3. The fourth-order valence-electron chi connectivity index (χ4n) is 2.54. The fourth-order valence-corrected chi connectivity index (χ4v) is 2.54. The molecule has 5 heteroatoms. The molecular weight excluding hydrogens is 306 g/mol. The number of amides is 1. The lowest BCUT2D eigenvalue weighted by molar-refractivity contribution is 0.0906. The van der Waals surface area contributed by atoms with Crippen LogP contribution in [0.25, 0.3) is 0 Å². The number of hydrogen-bond acceptors (Lipinski definition) is 4. The Kier molecular flexibility index (Phi) is 4.99. The van der Waals surface area contributed by atoms with Crippen molar-refractivity contribution in [3.8, 4) is 5.75 Å². The largest absolute Gasteiger partial charge is 0.486 e. The number of carbonyl (C=O) groups excluding carboxylic acids is 2. The maximum atomic E-state index is 12.0. The normalized spacial score (nSPS) is 14.0. The standard InChI is InChI=1S/C19H21NO4/c1-13(21)15-5-7-16(8-6-15)23-12-17-9-10-18(24-17)19(22)20-11-14-3-2-4-14/h5-10,14H,2-4,11-12H2,1H3,(H,20,22). The number of benzene rings is 1. The van der Waals surface area contributed by atoms with Gasteiger partial charge in [-0.15, -0.1) is 0 Å². The number of nitrogens with one attached hydrogen (secondary N) is 1. The SMILES string of the molecule is CC(=O)c1ccc(OCc2ccc(C(=O)NCC3CCC3)o2)cc1. The molecule has 5 nitrogen and oxygen atoms in total. The molecule has 1 aromatic heterocycles. The zero-order valence-corrected chi connectivity index (χ0v) is 13.7. The lowest BCUT2D eigenvalue weighted by Gasteiger charge is -2.25. The Hall–Kier alpha value is -2.56. The molecule has 0 aliphatic heterocycles. The van der Waals surface area contributed by atoms with Crippen LogP contribution < -0.4 is 10.1 Å². The number of ether oxygens (including phenoxy) is 1. The van der Waals surface area contributed by atoms with Gasteiger partial charge in [-0.2, -0.15) is 0 Å². The first-order valence-corrected chi connectivity index (χ1v) is 8.22. The predicted octanol–water partition coefficient (Wildman–Crippen LogP) is 3.59. The van der Waals surface area contributed by atoms with Gasteiger partial charge in [0.1, 0.15) is 18.1 Å². The van der Waals surface area contributed by atoms with Crippen LogP contribution in [0.5, 0.6) is 5.75 Å². The molecule has 1 fully saturated rings. The van der Waals surface area contributed by atoms with Crippen LogP contribution in [-0.4, -0.2) is 18.2 Å². The molecule has 0 saturated heterocycles. The van der Waals surface area contributed by atoms with E-state index in [1.165, 1.54) is 26.2 Å². The maximum absolute atomic E-state index is 12.0. The first-order valence-electron chi connectivity index (χ1n) is 8.22. The number of ketones is 1. The zero-order chi connectivity index (χ0) is 16.9. The lowest BCUT2D eigenvalue weighted by Crippen LogP contribution is -2.31. The van der Waals surface area contributed by atoms with Crippen molar-refractivity contribution in [3.63, 3.8) is 0 Å². The number of furan rings is 1. The minimum Gasteiger partial charge on any atom is -0.486 e. The minimum atomic E-state index is -0.182. The third-order valence-corrected chi connectivity index (χ3v) is 4.30. The summed E-state index contributed by atoms with van der Waals surface area (Å²) in [5.74, 6) is 1.99. The van der Waals surface area contributed by atoms with Crippen LogP contribution in [0.4, 0.5) is 0 Å². The van der Waals surface area contributed by atoms with E-state index >= 15 is 0 Å². The third kappa shape index (κ3) is 4.04. The van der Waals surface area contributed by atoms with E-state index in [0.717, 1.165) is 0 Å². The molecule has 0 atom stereocenters. The summed E-state index contributed by atoms with van der Waals surface area (Å²) in [6, 6.07) is 10.3. The Labute approximate surface area is 141 Å². The Morgan fingerprint density at radius 1 is 1.17 bits per heavy atom. The van der Waals surface area contributed by atoms with E-state index in [1.807, 2.05) is 0 Å². The number of hydrogen-bond donors (Lipinski definition) is 1. The molecule has 1 N–H and O–H groups in total. The molecule has 0 radical (unpaired) electrons. The summed E-state index contributed by atoms with van der Waals surface area (Å²) in [5, 5.41) is 2.90. The molecule has 0 spiro atoms. The van der Waals surface area contributed by atoms with E-state index in [4.69, 9.17) is 9.15 Å². The van der Waals surface area contributed by atoms with Crippen molar-refractivity contribution in [2.75, 3.05) is 6.54 Å². The average molecular weight is 327 g/mol. The van der Waals surface area contributed by atoms with Crippen LogP contribution in [0.3, 0.4) is 0 Å². The van der Waals surface area contributed by atoms with Crippen molar-refractivity contribution < 1.29 is 18.7 Å².